The number of hydrogen-bond donors (Lipinski definition) is 1. The van der Waals surface area contributed by atoms with Crippen LogP contribution in [0.4, 0.5) is 0 Å². The number of nitrogens with one attached hydrogen (secondary N) is 1. The first-order chi connectivity index (χ1) is 12.5. The monoisotopic (exact) mass is 370 g/mol. The molecule has 1 N–H and O–H groups in total. The van der Waals surface area contributed by atoms with E-state index in [1.165, 1.54) is 15.3 Å². The molecular formula is C21H26N2O2S. The SMILES string of the molecule is CC(=O)N1CCC2(CC1)CC(NCc1ccc(C)s1)c1ccccc1O2. The molecule has 1 amide bonds. The van der Waals surface area contributed by atoms with Gasteiger partial charge in [0, 0.05) is 67.2 Å². The first-order valence-electron chi connectivity index (χ1n) is 9.37. The van der Waals surface area contributed by atoms with Crippen molar-refractivity contribution in [3.8, 4) is 5.75 Å². The van der Waals surface area contributed by atoms with E-state index in [2.05, 4.69) is 42.6 Å². The highest BCUT2D eigenvalue weighted by Gasteiger charge is 2.43. The topological polar surface area (TPSA) is 41.6 Å². The fourth-order valence-electron chi connectivity index (χ4n) is 4.14. The van der Waals surface area contributed by atoms with E-state index in [4.69, 9.17) is 4.74 Å². The molecule has 0 saturated carbocycles. The van der Waals surface area contributed by atoms with Gasteiger partial charge in [0.25, 0.3) is 0 Å². The second-order valence-electron chi connectivity index (χ2n) is 7.48. The van der Waals surface area contributed by atoms with E-state index in [0.717, 1.165) is 44.6 Å². The van der Waals surface area contributed by atoms with E-state index in [1.54, 1.807) is 6.92 Å². The van der Waals surface area contributed by atoms with Crippen molar-refractivity contribution in [2.45, 2.75) is 51.3 Å². The largest absolute Gasteiger partial charge is 0.487 e. The van der Waals surface area contributed by atoms with Crippen LogP contribution in [0.2, 0.25) is 0 Å². The lowest BCUT2D eigenvalue weighted by Gasteiger charge is -2.47. The second kappa shape index (κ2) is 7.05. The zero-order valence-electron chi connectivity index (χ0n) is 15.5. The normalized spacial score (nSPS) is 21.3. The lowest BCUT2D eigenvalue weighted by molar-refractivity contribution is -0.133. The van der Waals surface area contributed by atoms with Crippen molar-refractivity contribution in [3.63, 3.8) is 0 Å². The molecule has 138 valence electrons. The maximum absolute atomic E-state index is 11.7. The predicted octanol–water partition coefficient (Wildman–Crippen LogP) is 4.05. The quantitative estimate of drug-likeness (QED) is 0.886. The number of likely N-dealkylation sites (tertiary alicyclic amines) is 1. The molecule has 1 spiro atoms. The number of piperidine rings is 1. The third-order valence-electron chi connectivity index (χ3n) is 5.64. The number of aryl methyl sites for hydroxylation is 1. The molecule has 4 rings (SSSR count). The molecule has 0 bridgehead atoms. The number of hydrogen-bond acceptors (Lipinski definition) is 4. The van der Waals surface area contributed by atoms with Crippen LogP contribution in [0.1, 0.15) is 47.5 Å². The third kappa shape index (κ3) is 3.51. The van der Waals surface area contributed by atoms with Gasteiger partial charge < -0.3 is 15.0 Å². The highest BCUT2D eigenvalue weighted by atomic mass is 32.1. The summed E-state index contributed by atoms with van der Waals surface area (Å²) in [6.45, 7) is 6.26. The van der Waals surface area contributed by atoms with Gasteiger partial charge in [0.2, 0.25) is 5.91 Å². The summed E-state index contributed by atoms with van der Waals surface area (Å²) in [4.78, 5) is 16.3. The van der Waals surface area contributed by atoms with E-state index < -0.39 is 0 Å². The molecule has 0 aliphatic carbocycles. The van der Waals surface area contributed by atoms with Gasteiger partial charge in [-0.15, -0.1) is 11.3 Å². The molecule has 1 aromatic heterocycles. The molecule has 1 atom stereocenters. The second-order valence-corrected chi connectivity index (χ2v) is 8.85. The number of thiophene rings is 1. The number of fused-ring (bicyclic) bond motifs is 1. The van der Waals surface area contributed by atoms with Crippen LogP contribution in [-0.2, 0) is 11.3 Å². The molecular weight excluding hydrogens is 344 g/mol. The summed E-state index contributed by atoms with van der Waals surface area (Å²) in [6, 6.07) is 13.1. The molecule has 5 heteroatoms. The Morgan fingerprint density at radius 1 is 1.27 bits per heavy atom. The number of rotatable bonds is 3. The Balaban J connectivity index is 1.52. The van der Waals surface area contributed by atoms with E-state index in [-0.39, 0.29) is 17.6 Å². The molecule has 26 heavy (non-hydrogen) atoms. The summed E-state index contributed by atoms with van der Waals surface area (Å²) in [5.74, 6) is 1.16. The fraction of sp³-hybridized carbons (Fsp3) is 0.476. The Kier molecular flexibility index (Phi) is 4.76. The average molecular weight is 371 g/mol. The predicted molar refractivity (Wildman–Crippen MR) is 105 cm³/mol. The maximum Gasteiger partial charge on any atom is 0.219 e. The summed E-state index contributed by atoms with van der Waals surface area (Å²) in [6.07, 6.45) is 2.76. The van der Waals surface area contributed by atoms with Crippen LogP contribution in [0.3, 0.4) is 0 Å². The van der Waals surface area contributed by atoms with E-state index in [0.29, 0.717) is 0 Å². The van der Waals surface area contributed by atoms with Crippen LogP contribution < -0.4 is 10.1 Å². The molecule has 0 radical (unpaired) electrons. The Morgan fingerprint density at radius 2 is 2.04 bits per heavy atom. The van der Waals surface area contributed by atoms with Gasteiger partial charge in [-0.25, -0.2) is 0 Å². The third-order valence-corrected chi connectivity index (χ3v) is 6.64. The Bertz CT molecular complexity index is 793. The molecule has 1 unspecified atom stereocenters. The van der Waals surface area contributed by atoms with Gasteiger partial charge in [0.1, 0.15) is 11.4 Å². The Labute approximate surface area is 159 Å². The summed E-state index contributed by atoms with van der Waals surface area (Å²) in [5, 5.41) is 3.76. The lowest BCUT2D eigenvalue weighted by atomic mass is 9.80. The van der Waals surface area contributed by atoms with Crippen LogP contribution in [0, 0.1) is 6.92 Å². The smallest absolute Gasteiger partial charge is 0.219 e. The fourth-order valence-corrected chi connectivity index (χ4v) is 4.98. The molecule has 4 nitrogen and oxygen atoms in total. The highest BCUT2D eigenvalue weighted by Crippen LogP contribution is 2.44. The minimum atomic E-state index is -0.163. The summed E-state index contributed by atoms with van der Waals surface area (Å²) >= 11 is 1.85. The summed E-state index contributed by atoms with van der Waals surface area (Å²) in [7, 11) is 0. The summed E-state index contributed by atoms with van der Waals surface area (Å²) in [5.41, 5.74) is 1.09. The number of nitrogens with zero attached hydrogens (tertiary/aromatic N) is 1. The molecule has 1 saturated heterocycles. The first-order valence-corrected chi connectivity index (χ1v) is 10.2. The van der Waals surface area contributed by atoms with Crippen molar-refractivity contribution < 1.29 is 9.53 Å². The van der Waals surface area contributed by atoms with Gasteiger partial charge in [-0.1, -0.05) is 18.2 Å². The first kappa shape index (κ1) is 17.6. The van der Waals surface area contributed by atoms with Crippen LogP contribution >= 0.6 is 11.3 Å². The molecule has 1 aromatic carbocycles. The number of carbonyl (C=O) groups is 1. The highest BCUT2D eigenvalue weighted by molar-refractivity contribution is 7.11. The number of amides is 1. The van der Waals surface area contributed by atoms with Gasteiger partial charge in [-0.05, 0) is 25.1 Å². The average Bonchev–Trinajstić information content (AvgIpc) is 3.05. The van der Waals surface area contributed by atoms with E-state index in [1.807, 2.05) is 22.3 Å². The molecule has 2 aliphatic heterocycles. The zero-order chi connectivity index (χ0) is 18.1. The van der Waals surface area contributed by atoms with Crippen LogP contribution in [0.15, 0.2) is 36.4 Å². The van der Waals surface area contributed by atoms with Crippen molar-refractivity contribution in [1.82, 2.24) is 10.2 Å². The van der Waals surface area contributed by atoms with Crippen molar-refractivity contribution in [1.29, 1.82) is 0 Å². The molecule has 1 fully saturated rings. The van der Waals surface area contributed by atoms with Crippen molar-refractivity contribution >= 4 is 17.2 Å². The Morgan fingerprint density at radius 3 is 2.73 bits per heavy atom. The van der Waals surface area contributed by atoms with Crippen LogP contribution in [0.5, 0.6) is 5.75 Å². The van der Waals surface area contributed by atoms with Gasteiger partial charge in [-0.3, -0.25) is 4.79 Å². The van der Waals surface area contributed by atoms with Crippen LogP contribution in [-0.4, -0.2) is 29.5 Å². The Hall–Kier alpha value is -1.85. The number of ether oxygens (including phenoxy) is 1. The maximum atomic E-state index is 11.7. The van der Waals surface area contributed by atoms with Crippen LogP contribution in [0.25, 0.3) is 0 Å². The van der Waals surface area contributed by atoms with Gasteiger partial charge >= 0.3 is 0 Å². The number of para-hydroxylation sites is 1. The summed E-state index contributed by atoms with van der Waals surface area (Å²) < 4.78 is 6.50. The lowest BCUT2D eigenvalue weighted by Crippen LogP contribution is -2.52. The number of benzene rings is 1. The minimum absolute atomic E-state index is 0.163. The van der Waals surface area contributed by atoms with Gasteiger partial charge in [-0.2, -0.15) is 0 Å². The molecule has 2 aromatic rings. The van der Waals surface area contributed by atoms with Crippen molar-refractivity contribution in [2.75, 3.05) is 13.1 Å². The van der Waals surface area contributed by atoms with Gasteiger partial charge in [0.15, 0.2) is 0 Å². The van der Waals surface area contributed by atoms with Crippen molar-refractivity contribution in [2.24, 2.45) is 0 Å². The molecule has 3 heterocycles. The van der Waals surface area contributed by atoms with Gasteiger partial charge in [0.05, 0.1) is 0 Å². The van der Waals surface area contributed by atoms with E-state index >= 15 is 0 Å². The molecule has 2 aliphatic rings. The standard InChI is InChI=1S/C21H26N2O2S/c1-15-7-8-17(26-15)14-22-19-13-21(9-11-23(12-10-21)16(2)24)25-20-6-4-3-5-18(19)20/h3-8,19,22H,9-14H2,1-2H3. The van der Waals surface area contributed by atoms with Crippen molar-refractivity contribution in [3.05, 3.63) is 51.7 Å². The zero-order valence-corrected chi connectivity index (χ0v) is 16.3. The number of carbonyl (C=O) groups excluding carboxylic acids is 1. The van der Waals surface area contributed by atoms with E-state index in [9.17, 15) is 4.79 Å². The minimum Gasteiger partial charge on any atom is -0.487 e.